The first-order valence-electron chi connectivity index (χ1n) is 42.5. The van der Waals surface area contributed by atoms with Gasteiger partial charge in [0.05, 0.1) is 63.3 Å². The normalized spacial score (nSPS) is 15.8. The van der Waals surface area contributed by atoms with Crippen LogP contribution in [0.15, 0.2) is 97.1 Å². The van der Waals surface area contributed by atoms with Crippen LogP contribution in [0.2, 0.25) is 0 Å². The smallest absolute Gasteiger partial charge is 0.251 e. The van der Waals surface area contributed by atoms with E-state index in [9.17, 15) is 57.5 Å². The first-order chi connectivity index (χ1) is 54.6. The number of β-lactam (4-membered cyclic amide) rings is 2. The van der Waals surface area contributed by atoms with Gasteiger partial charge in [0.2, 0.25) is 23.6 Å². The van der Waals surface area contributed by atoms with Crippen molar-refractivity contribution >= 4 is 70.1 Å². The van der Waals surface area contributed by atoms with Crippen LogP contribution < -0.4 is 32.7 Å². The summed E-state index contributed by atoms with van der Waals surface area (Å²) in [5, 5.41) is 14.0. The number of carbonyl (C=O) groups is 12. The second-order valence-corrected chi connectivity index (χ2v) is 32.5. The van der Waals surface area contributed by atoms with E-state index in [1.165, 1.54) is 35.5 Å². The molecule has 6 amide bonds. The van der Waals surface area contributed by atoms with Gasteiger partial charge in [0.25, 0.3) is 11.8 Å². The van der Waals surface area contributed by atoms with Crippen molar-refractivity contribution < 1.29 is 87.6 Å². The molecule has 4 aromatic carbocycles. The standard InChI is InChI=1S/C47H69N3O7.C45H67N5O7.CH3.Pd/c1-8-11-14-17-38(29-42(51)37-25-23-36(24-26-37)35-21-19-34(20-22-35)16-13-10-3)46(55)48-40(18-15-12-9-2)43(52)28-33(6)45(54)49-41(27-32(4)5)44(53)30-39-31-50(57-7)47(39)56;1-6-7-12-32-15-17-33(18-16-32)34-19-21-35(22-20-34)40(51)27-36(13-8-10-23-46)44(55)48-38(14-9-11-24-47)41(52)26-31(4)43(54)49-39(25-30(2)3)42(53)28-37-29-50(57-5)45(37)56;;/h19-26,32-33,38-41H,8-18,27-31H2,1-7H3,(H,48,55)(H,49,54);15-22,30-31,36-39H,6-14,23-29,46-47H2,1-5H3,(H,48,55)(H,49,54);1H3;/q;;-1;/t33-,38-,39-,40+,41+;31-,36-,37-,38+,39+;;/m11../s1. The Balaban J connectivity index is 0.000000590. The predicted octanol–water partition coefficient (Wildman–Crippen LogP) is 14.8. The van der Waals surface area contributed by atoms with Gasteiger partial charge >= 0.3 is 0 Å². The maximum atomic E-state index is 13.9. The molecule has 0 unspecified atom stereocenters. The monoisotopic (exact) mass is 1700 g/mol. The third-order valence-electron chi connectivity index (χ3n) is 21.9. The molecular weight excluding hydrogens is 1560 g/mol. The summed E-state index contributed by atoms with van der Waals surface area (Å²) in [7, 11) is 2.80. The van der Waals surface area contributed by atoms with E-state index >= 15 is 0 Å². The number of hydrogen-bond acceptors (Lipinski definition) is 16. The maximum Gasteiger partial charge on any atom is 0.251 e. The molecule has 0 bridgehead atoms. The van der Waals surface area contributed by atoms with Crippen molar-refractivity contribution in [1.29, 1.82) is 0 Å². The van der Waals surface area contributed by atoms with Crippen molar-refractivity contribution in [3.8, 4) is 22.3 Å². The summed E-state index contributed by atoms with van der Waals surface area (Å²) in [4.78, 5) is 170. The number of nitrogens with zero attached hydrogens (tertiary/aromatic N) is 2. The molecule has 116 heavy (non-hydrogen) atoms. The fourth-order valence-corrected chi connectivity index (χ4v) is 14.5. The van der Waals surface area contributed by atoms with E-state index in [-0.39, 0.29) is 137 Å². The number of aryl methyl sites for hydroxylation is 2. The first-order valence-corrected chi connectivity index (χ1v) is 42.5. The third-order valence-corrected chi connectivity index (χ3v) is 21.9. The molecule has 22 nitrogen and oxygen atoms in total. The quantitative estimate of drug-likeness (QED) is 0.00786. The number of ketones is 6. The van der Waals surface area contributed by atoms with Crippen molar-refractivity contribution in [2.45, 2.75) is 273 Å². The summed E-state index contributed by atoms with van der Waals surface area (Å²) < 4.78 is 0. The Morgan fingerprint density at radius 3 is 1.00 bits per heavy atom. The first kappa shape index (κ1) is 102. The Labute approximate surface area is 706 Å². The second-order valence-electron chi connectivity index (χ2n) is 32.5. The van der Waals surface area contributed by atoms with Gasteiger partial charge in [-0.15, -0.1) is 0 Å². The van der Waals surface area contributed by atoms with Crippen LogP contribution in [0.5, 0.6) is 0 Å². The molecule has 2 fully saturated rings. The molecule has 0 aliphatic carbocycles. The van der Waals surface area contributed by atoms with Gasteiger partial charge in [-0.3, -0.25) is 67.2 Å². The van der Waals surface area contributed by atoms with E-state index in [1.807, 2.05) is 64.1 Å². The zero-order valence-corrected chi connectivity index (χ0v) is 73.4. The molecule has 2 aliphatic rings. The van der Waals surface area contributed by atoms with Crippen LogP contribution in [0.3, 0.4) is 0 Å². The minimum absolute atomic E-state index is 0. The van der Waals surface area contributed by atoms with Crippen LogP contribution in [0.25, 0.3) is 22.3 Å². The average molecular weight is 1700 g/mol. The van der Waals surface area contributed by atoms with Crippen LogP contribution in [0.4, 0.5) is 0 Å². The van der Waals surface area contributed by atoms with Gasteiger partial charge in [0, 0.05) is 93.7 Å². The predicted molar refractivity (Wildman–Crippen MR) is 454 cm³/mol. The number of nitrogens with two attached hydrogens (primary N) is 2. The van der Waals surface area contributed by atoms with Crippen LogP contribution in [-0.4, -0.2) is 145 Å². The van der Waals surface area contributed by atoms with Gasteiger partial charge < -0.3 is 40.2 Å². The molecule has 0 radical (unpaired) electrons. The third kappa shape index (κ3) is 34.7. The number of Topliss-reactive ketones (excluding diaryl/α,β-unsaturated/α-hetero) is 6. The van der Waals surface area contributed by atoms with Gasteiger partial charge in [-0.05, 0) is 142 Å². The number of benzene rings is 4. The van der Waals surface area contributed by atoms with Gasteiger partial charge in [0.1, 0.15) is 0 Å². The SMILES string of the molecule is CCCCC[C@H](CC(=O)c1ccc(-c2ccc(CCCC)cc2)cc1)C(=O)N[C@@H](CCCCC)C(=O)C[C@@H](C)C(=O)N[C@@H](CC(C)C)C(=O)C[C@@H]1CN(OC)C1=O.CCCCc1ccc(-c2ccc(C(=O)C[C@@H](CCCCN)C(=O)N[C@@H](CCCCN)C(=O)C[C@@H](C)C(=O)N[C@@H](CC(C)C)C(=O)C[C@@H]3CN(OC)C3=O)cc2)cc1.[CH3-].[Pd]. The molecular formula is C93H139N8O14Pd-. The summed E-state index contributed by atoms with van der Waals surface area (Å²) in [6.45, 7) is 21.1. The number of nitrogens with one attached hydrogen (secondary N) is 4. The largest absolute Gasteiger partial charge is 0.358 e. The summed E-state index contributed by atoms with van der Waals surface area (Å²) in [6.07, 6.45) is 16.8. The average Bonchev–Trinajstić information content (AvgIpc) is 0.813. The summed E-state index contributed by atoms with van der Waals surface area (Å²) in [5.74, 6) is -6.94. The Hall–Kier alpha value is -7.78. The van der Waals surface area contributed by atoms with E-state index in [4.69, 9.17) is 21.1 Å². The van der Waals surface area contributed by atoms with E-state index in [0.717, 1.165) is 99.3 Å². The number of amides is 6. The minimum atomic E-state index is -0.875. The van der Waals surface area contributed by atoms with Crippen molar-refractivity contribution in [1.82, 2.24) is 31.4 Å². The minimum Gasteiger partial charge on any atom is -0.358 e. The van der Waals surface area contributed by atoms with Crippen LogP contribution in [0.1, 0.15) is 268 Å². The maximum absolute atomic E-state index is 13.9. The molecule has 646 valence electrons. The molecule has 2 heterocycles. The molecule has 0 spiro atoms. The molecule has 0 aromatic heterocycles. The molecule has 8 N–H and O–H groups in total. The number of rotatable bonds is 56. The van der Waals surface area contributed by atoms with Crippen molar-refractivity contribution in [3.05, 3.63) is 127 Å². The second kappa shape index (κ2) is 55.1. The number of hydrogen-bond donors (Lipinski definition) is 6. The Morgan fingerprint density at radius 1 is 0.397 bits per heavy atom. The molecule has 4 aromatic rings. The van der Waals surface area contributed by atoms with Crippen molar-refractivity contribution in [2.75, 3.05) is 40.4 Å². The van der Waals surface area contributed by atoms with Crippen molar-refractivity contribution in [3.63, 3.8) is 0 Å². The van der Waals surface area contributed by atoms with Gasteiger partial charge in [-0.2, -0.15) is 0 Å². The topological polar surface area (TPSA) is 330 Å². The zero-order chi connectivity index (χ0) is 83.8. The molecule has 0 saturated carbocycles. The van der Waals surface area contributed by atoms with E-state index in [0.29, 0.717) is 102 Å². The van der Waals surface area contributed by atoms with Crippen molar-refractivity contribution in [2.24, 2.45) is 58.8 Å². The van der Waals surface area contributed by atoms with E-state index in [2.05, 4.69) is 97.5 Å². The fourth-order valence-electron chi connectivity index (χ4n) is 14.5. The fraction of sp³-hybridized carbons (Fsp3) is 0.602. The summed E-state index contributed by atoms with van der Waals surface area (Å²) in [5.41, 5.74) is 19.3. The number of carbonyl (C=O) groups excluding carboxylic acids is 12. The zero-order valence-electron chi connectivity index (χ0n) is 71.9. The van der Waals surface area contributed by atoms with Gasteiger partial charge in [-0.25, -0.2) is 10.1 Å². The molecule has 23 heteroatoms. The molecule has 6 rings (SSSR count). The number of hydroxylamine groups is 4. The molecule has 2 aliphatic heterocycles. The molecule has 10 atom stereocenters. The Morgan fingerprint density at radius 2 is 0.698 bits per heavy atom. The Bertz CT molecular complexity index is 3460. The van der Waals surface area contributed by atoms with Crippen LogP contribution in [0, 0.1) is 54.8 Å². The van der Waals surface area contributed by atoms with E-state index < -0.39 is 71.5 Å². The summed E-state index contributed by atoms with van der Waals surface area (Å²) in [6, 6.07) is 28.8. The van der Waals surface area contributed by atoms with Crippen LogP contribution in [-0.2, 0) is 90.9 Å². The van der Waals surface area contributed by atoms with Gasteiger partial charge in [-0.1, -0.05) is 224 Å². The van der Waals surface area contributed by atoms with E-state index in [1.54, 1.807) is 26.0 Å². The summed E-state index contributed by atoms with van der Waals surface area (Å²) >= 11 is 0. The Kier molecular flexibility index (Phi) is 48.6. The number of unbranched alkanes of at least 4 members (excludes halogenated alkanes) is 8. The van der Waals surface area contributed by atoms with Gasteiger partial charge in [0.15, 0.2) is 34.7 Å². The molecule has 2 saturated heterocycles. The van der Waals surface area contributed by atoms with Crippen LogP contribution >= 0.6 is 0 Å².